The molecule has 1 aliphatic rings. The number of benzene rings is 1. The fourth-order valence-electron chi connectivity index (χ4n) is 1.90. The molecule has 1 aromatic rings. The van der Waals surface area contributed by atoms with Crippen LogP contribution in [0.4, 0.5) is 0 Å². The van der Waals surface area contributed by atoms with Gasteiger partial charge >= 0.3 is 5.97 Å². The molecule has 2 atom stereocenters. The number of rotatable bonds is 4. The first-order chi connectivity index (χ1) is 9.06. The normalized spacial score (nSPS) is 22.3. The Morgan fingerprint density at radius 1 is 1.47 bits per heavy atom. The lowest BCUT2D eigenvalue weighted by atomic mass is 10.2. The van der Waals surface area contributed by atoms with Crippen molar-refractivity contribution >= 4 is 40.3 Å². The van der Waals surface area contributed by atoms with E-state index in [4.69, 9.17) is 14.6 Å². The van der Waals surface area contributed by atoms with Gasteiger partial charge in [0.2, 0.25) is 0 Å². The van der Waals surface area contributed by atoms with Crippen LogP contribution in [0.25, 0.3) is 0 Å². The number of carboxylic acid groups (broad SMARTS) is 1. The van der Waals surface area contributed by atoms with Crippen LogP contribution >= 0.6 is 34.4 Å². The lowest BCUT2D eigenvalue weighted by molar-refractivity contribution is -0.138. The predicted octanol–water partition coefficient (Wildman–Crippen LogP) is 2.10. The molecule has 0 saturated carbocycles. The third-order valence-electron chi connectivity index (χ3n) is 2.84. The summed E-state index contributed by atoms with van der Waals surface area (Å²) in [6.45, 7) is 0. The van der Waals surface area contributed by atoms with Gasteiger partial charge in [0.25, 0.3) is 0 Å². The highest BCUT2D eigenvalue weighted by Crippen LogP contribution is 2.40. The number of hydrogen-bond acceptors (Lipinski definition) is 5. The van der Waals surface area contributed by atoms with E-state index in [1.165, 1.54) is 0 Å². The Morgan fingerprint density at radius 2 is 2.21 bits per heavy atom. The fourth-order valence-corrected chi connectivity index (χ4v) is 3.95. The molecular weight excluding hydrogens is 381 g/mol. The van der Waals surface area contributed by atoms with Gasteiger partial charge in [0.15, 0.2) is 11.5 Å². The molecule has 0 unspecified atom stereocenters. The number of methoxy groups -OCH3 is 2. The summed E-state index contributed by atoms with van der Waals surface area (Å²) < 4.78 is 11.5. The maximum absolute atomic E-state index is 10.9. The van der Waals surface area contributed by atoms with E-state index >= 15 is 0 Å². The number of aliphatic carboxylic acids is 1. The molecule has 0 spiro atoms. The summed E-state index contributed by atoms with van der Waals surface area (Å²) in [5, 5.41) is 12.0. The Morgan fingerprint density at radius 3 is 2.74 bits per heavy atom. The van der Waals surface area contributed by atoms with E-state index < -0.39 is 12.0 Å². The monoisotopic (exact) mass is 395 g/mol. The van der Waals surface area contributed by atoms with E-state index in [9.17, 15) is 4.79 Å². The van der Waals surface area contributed by atoms with E-state index in [-0.39, 0.29) is 5.37 Å². The van der Waals surface area contributed by atoms with Gasteiger partial charge in [-0.25, -0.2) is 0 Å². The molecule has 0 amide bonds. The molecule has 2 N–H and O–H groups in total. The van der Waals surface area contributed by atoms with Crippen LogP contribution < -0.4 is 14.8 Å². The smallest absolute Gasteiger partial charge is 0.321 e. The highest BCUT2D eigenvalue weighted by atomic mass is 127. The maximum Gasteiger partial charge on any atom is 0.321 e. The summed E-state index contributed by atoms with van der Waals surface area (Å²) in [5.74, 6) is 1.10. The van der Waals surface area contributed by atoms with Gasteiger partial charge in [-0.05, 0) is 40.3 Å². The summed E-state index contributed by atoms with van der Waals surface area (Å²) in [5.41, 5.74) is 0.996. The number of ether oxygens (including phenoxy) is 2. The molecule has 1 fully saturated rings. The van der Waals surface area contributed by atoms with Crippen LogP contribution in [-0.2, 0) is 4.79 Å². The fraction of sp³-hybridized carbons (Fsp3) is 0.417. The third-order valence-corrected chi connectivity index (χ3v) is 4.91. The average molecular weight is 395 g/mol. The molecule has 19 heavy (non-hydrogen) atoms. The number of hydrogen-bond donors (Lipinski definition) is 2. The minimum Gasteiger partial charge on any atom is -0.493 e. The molecule has 0 aliphatic carbocycles. The largest absolute Gasteiger partial charge is 0.493 e. The number of carboxylic acids is 1. The second kappa shape index (κ2) is 6.19. The average Bonchev–Trinajstić information content (AvgIpc) is 2.87. The molecule has 2 rings (SSSR count). The maximum atomic E-state index is 10.9. The van der Waals surface area contributed by atoms with Crippen LogP contribution in [0.2, 0.25) is 0 Å². The second-order valence-electron chi connectivity index (χ2n) is 4.01. The number of nitrogens with one attached hydrogen (secondary N) is 1. The van der Waals surface area contributed by atoms with Crippen molar-refractivity contribution in [2.24, 2.45) is 0 Å². The molecule has 5 nitrogen and oxygen atoms in total. The quantitative estimate of drug-likeness (QED) is 0.762. The first kappa shape index (κ1) is 14.7. The van der Waals surface area contributed by atoms with Crippen LogP contribution in [0.1, 0.15) is 10.9 Å². The molecular formula is C12H14INO4S. The Bertz CT molecular complexity index is 497. The van der Waals surface area contributed by atoms with Gasteiger partial charge in [-0.2, -0.15) is 0 Å². The molecule has 1 aliphatic heterocycles. The molecule has 0 radical (unpaired) electrons. The van der Waals surface area contributed by atoms with Crippen LogP contribution in [0, 0.1) is 3.57 Å². The molecule has 7 heteroatoms. The van der Waals surface area contributed by atoms with Gasteiger partial charge in [0.1, 0.15) is 6.04 Å². The summed E-state index contributed by atoms with van der Waals surface area (Å²) in [4.78, 5) is 10.9. The van der Waals surface area contributed by atoms with Crippen molar-refractivity contribution in [3.8, 4) is 11.5 Å². The first-order valence-electron chi connectivity index (χ1n) is 5.58. The lowest BCUT2D eigenvalue weighted by Crippen LogP contribution is -2.33. The number of carbonyl (C=O) groups is 1. The van der Waals surface area contributed by atoms with E-state index in [0.29, 0.717) is 17.3 Å². The molecule has 0 aromatic heterocycles. The van der Waals surface area contributed by atoms with Crippen LogP contribution in [0.5, 0.6) is 11.5 Å². The Balaban J connectivity index is 2.27. The van der Waals surface area contributed by atoms with Gasteiger partial charge in [-0.15, -0.1) is 11.8 Å². The highest BCUT2D eigenvalue weighted by Gasteiger charge is 2.31. The topological polar surface area (TPSA) is 67.8 Å². The standard InChI is InChI=1S/C12H14INO4S/c1-17-9-4-6(3-7(13)10(9)18-2)11-14-8(5-19-11)12(15)16/h3-4,8,11,14H,5H2,1-2H3,(H,15,16)/t8-,11-/m1/s1. The van der Waals surface area contributed by atoms with E-state index in [0.717, 1.165) is 9.13 Å². The van der Waals surface area contributed by atoms with Crippen LogP contribution in [0.15, 0.2) is 12.1 Å². The molecule has 1 heterocycles. The minimum atomic E-state index is -0.815. The Hall–Kier alpha value is -0.670. The second-order valence-corrected chi connectivity index (χ2v) is 6.31. The first-order valence-corrected chi connectivity index (χ1v) is 7.71. The van der Waals surface area contributed by atoms with Crippen molar-refractivity contribution in [1.82, 2.24) is 5.32 Å². The molecule has 1 aromatic carbocycles. The molecule has 1 saturated heterocycles. The van der Waals surface area contributed by atoms with Crippen molar-refractivity contribution in [3.63, 3.8) is 0 Å². The summed E-state index contributed by atoms with van der Waals surface area (Å²) in [7, 11) is 3.19. The Labute approximate surface area is 129 Å². The molecule has 0 bridgehead atoms. The van der Waals surface area contributed by atoms with Gasteiger partial charge in [-0.1, -0.05) is 0 Å². The SMILES string of the molecule is COc1cc([C@@H]2N[C@@H](C(=O)O)CS2)cc(I)c1OC. The number of thioether (sulfide) groups is 1. The van der Waals surface area contributed by atoms with Crippen LogP contribution in [-0.4, -0.2) is 37.1 Å². The molecule has 104 valence electrons. The minimum absolute atomic E-state index is 0.0329. The number of halogens is 1. The van der Waals surface area contributed by atoms with Crippen molar-refractivity contribution < 1.29 is 19.4 Å². The van der Waals surface area contributed by atoms with E-state index in [1.807, 2.05) is 12.1 Å². The zero-order chi connectivity index (χ0) is 14.0. The van der Waals surface area contributed by atoms with Gasteiger partial charge < -0.3 is 14.6 Å². The summed E-state index contributed by atoms with van der Waals surface area (Å²) >= 11 is 3.76. The Kier molecular flexibility index (Phi) is 4.80. The van der Waals surface area contributed by atoms with Gasteiger partial charge in [0.05, 0.1) is 23.2 Å². The van der Waals surface area contributed by atoms with Gasteiger partial charge in [0, 0.05) is 5.75 Å². The van der Waals surface area contributed by atoms with Crippen LogP contribution in [0.3, 0.4) is 0 Å². The lowest BCUT2D eigenvalue weighted by Gasteiger charge is -2.16. The zero-order valence-electron chi connectivity index (χ0n) is 10.5. The highest BCUT2D eigenvalue weighted by molar-refractivity contribution is 14.1. The van der Waals surface area contributed by atoms with Crippen molar-refractivity contribution in [2.75, 3.05) is 20.0 Å². The van der Waals surface area contributed by atoms with E-state index in [2.05, 4.69) is 27.9 Å². The van der Waals surface area contributed by atoms with Gasteiger partial charge in [-0.3, -0.25) is 10.1 Å². The van der Waals surface area contributed by atoms with Crippen molar-refractivity contribution in [2.45, 2.75) is 11.4 Å². The van der Waals surface area contributed by atoms with Crippen molar-refractivity contribution in [3.05, 3.63) is 21.3 Å². The third kappa shape index (κ3) is 3.09. The zero-order valence-corrected chi connectivity index (χ0v) is 13.4. The summed E-state index contributed by atoms with van der Waals surface area (Å²) in [6.07, 6.45) is 0. The predicted molar refractivity (Wildman–Crippen MR) is 82.0 cm³/mol. The van der Waals surface area contributed by atoms with E-state index in [1.54, 1.807) is 26.0 Å². The van der Waals surface area contributed by atoms with Crippen molar-refractivity contribution in [1.29, 1.82) is 0 Å². The summed E-state index contributed by atoms with van der Waals surface area (Å²) in [6, 6.07) is 3.37.